The third-order valence-corrected chi connectivity index (χ3v) is 4.36. The molecule has 1 aliphatic rings. The highest BCUT2D eigenvalue weighted by Gasteiger charge is 2.20. The van der Waals surface area contributed by atoms with Gasteiger partial charge in [-0.1, -0.05) is 17.7 Å². The summed E-state index contributed by atoms with van der Waals surface area (Å²) in [6, 6.07) is 4.58. The van der Waals surface area contributed by atoms with Gasteiger partial charge in [-0.25, -0.2) is 0 Å². The number of aryl methyl sites for hydroxylation is 3. The Kier molecular flexibility index (Phi) is 5.00. The van der Waals surface area contributed by atoms with Crippen LogP contribution in [0.3, 0.4) is 0 Å². The number of aliphatic hydroxyl groups excluding tert-OH is 1. The largest absolute Gasteiger partial charge is 0.396 e. The van der Waals surface area contributed by atoms with Gasteiger partial charge in [-0.3, -0.25) is 4.90 Å². The predicted octanol–water partition coefficient (Wildman–Crippen LogP) is 3.21. The highest BCUT2D eigenvalue weighted by atomic mass is 16.3. The smallest absolute Gasteiger partial charge is 0.0434 e. The molecule has 1 unspecified atom stereocenters. The summed E-state index contributed by atoms with van der Waals surface area (Å²) in [5.74, 6) is 0.685. The molecule has 1 aromatic carbocycles. The Bertz CT molecular complexity index is 402. The number of rotatable bonds is 4. The summed E-state index contributed by atoms with van der Waals surface area (Å²) in [6.07, 6.45) is 3.51. The minimum atomic E-state index is 0.334. The number of likely N-dealkylation sites (tertiary alicyclic amines) is 1. The lowest BCUT2D eigenvalue weighted by Crippen LogP contribution is -2.35. The molecule has 2 heteroatoms. The maximum absolute atomic E-state index is 9.09. The molecule has 2 nitrogen and oxygen atoms in total. The second-order valence-electron chi connectivity index (χ2n) is 6.13. The van der Waals surface area contributed by atoms with Crippen molar-refractivity contribution in [3.05, 3.63) is 34.4 Å². The second kappa shape index (κ2) is 6.53. The normalized spacial score (nSPS) is 20.7. The molecule has 0 aromatic heterocycles. The Morgan fingerprint density at radius 3 is 2.53 bits per heavy atom. The molecule has 1 atom stereocenters. The maximum atomic E-state index is 9.09. The molecule has 1 aliphatic heterocycles. The van der Waals surface area contributed by atoms with Gasteiger partial charge < -0.3 is 5.11 Å². The fraction of sp³-hybridized carbons (Fsp3) is 0.647. The summed E-state index contributed by atoms with van der Waals surface area (Å²) < 4.78 is 0. The van der Waals surface area contributed by atoms with Crippen LogP contribution >= 0.6 is 0 Å². The second-order valence-corrected chi connectivity index (χ2v) is 6.13. The van der Waals surface area contributed by atoms with Crippen LogP contribution in [0.2, 0.25) is 0 Å². The number of nitrogens with zero attached hydrogens (tertiary/aromatic N) is 1. The van der Waals surface area contributed by atoms with Gasteiger partial charge in [-0.2, -0.15) is 0 Å². The quantitative estimate of drug-likeness (QED) is 0.899. The van der Waals surface area contributed by atoms with Gasteiger partial charge in [0.25, 0.3) is 0 Å². The molecule has 0 spiro atoms. The van der Waals surface area contributed by atoms with Crippen molar-refractivity contribution in [2.45, 2.75) is 46.6 Å². The molecule has 2 rings (SSSR count). The van der Waals surface area contributed by atoms with Crippen LogP contribution in [0.5, 0.6) is 0 Å². The van der Waals surface area contributed by atoms with Crippen molar-refractivity contribution < 1.29 is 5.11 Å². The number of piperidine rings is 1. The molecule has 0 radical (unpaired) electrons. The fourth-order valence-electron chi connectivity index (χ4n) is 3.40. The van der Waals surface area contributed by atoms with E-state index in [1.165, 1.54) is 41.6 Å². The molecule has 1 aromatic rings. The van der Waals surface area contributed by atoms with E-state index in [2.05, 4.69) is 37.8 Å². The Morgan fingerprint density at radius 2 is 1.89 bits per heavy atom. The highest BCUT2D eigenvalue weighted by Crippen LogP contribution is 2.24. The average Bonchev–Trinajstić information content (AvgIpc) is 2.35. The Balaban J connectivity index is 2.04. The molecular formula is C17H27NO. The molecular weight excluding hydrogens is 234 g/mol. The minimum absolute atomic E-state index is 0.334. The van der Waals surface area contributed by atoms with Gasteiger partial charge in [0.1, 0.15) is 0 Å². The molecule has 0 bridgehead atoms. The molecule has 0 amide bonds. The standard InChI is InChI=1S/C17H27NO/c1-13-9-14(2)17(15(3)10-13)12-18-7-4-5-16(11-18)6-8-19/h9-10,16,19H,4-8,11-12H2,1-3H3. The molecule has 19 heavy (non-hydrogen) atoms. The van der Waals surface area contributed by atoms with Gasteiger partial charge in [-0.05, 0) is 69.2 Å². The number of benzene rings is 1. The Labute approximate surface area is 117 Å². The first-order valence-electron chi connectivity index (χ1n) is 7.50. The van der Waals surface area contributed by atoms with E-state index in [0.29, 0.717) is 12.5 Å². The number of hydrogen-bond donors (Lipinski definition) is 1. The lowest BCUT2D eigenvalue weighted by atomic mass is 9.93. The van der Waals surface area contributed by atoms with Crippen LogP contribution in [0.15, 0.2) is 12.1 Å². The van der Waals surface area contributed by atoms with Crippen molar-refractivity contribution in [3.63, 3.8) is 0 Å². The van der Waals surface area contributed by atoms with Gasteiger partial charge in [-0.15, -0.1) is 0 Å². The van der Waals surface area contributed by atoms with Crippen LogP contribution in [0.1, 0.15) is 41.5 Å². The third-order valence-electron chi connectivity index (χ3n) is 4.36. The third kappa shape index (κ3) is 3.80. The van der Waals surface area contributed by atoms with E-state index in [4.69, 9.17) is 5.11 Å². The monoisotopic (exact) mass is 261 g/mol. The van der Waals surface area contributed by atoms with Crippen molar-refractivity contribution in [3.8, 4) is 0 Å². The summed E-state index contributed by atoms with van der Waals surface area (Å²) in [5, 5.41) is 9.09. The topological polar surface area (TPSA) is 23.5 Å². The van der Waals surface area contributed by atoms with Crippen LogP contribution in [-0.4, -0.2) is 29.7 Å². The zero-order chi connectivity index (χ0) is 13.8. The van der Waals surface area contributed by atoms with Crippen LogP contribution in [0, 0.1) is 26.7 Å². The van der Waals surface area contributed by atoms with Gasteiger partial charge in [0.15, 0.2) is 0 Å². The van der Waals surface area contributed by atoms with E-state index in [1.807, 2.05) is 0 Å². The molecule has 0 saturated carbocycles. The van der Waals surface area contributed by atoms with Gasteiger partial charge >= 0.3 is 0 Å². The molecule has 1 saturated heterocycles. The summed E-state index contributed by atoms with van der Waals surface area (Å²) in [6.45, 7) is 10.4. The van der Waals surface area contributed by atoms with Crippen molar-refractivity contribution in [1.29, 1.82) is 0 Å². The van der Waals surface area contributed by atoms with E-state index in [-0.39, 0.29) is 0 Å². The van der Waals surface area contributed by atoms with E-state index in [1.54, 1.807) is 0 Å². The van der Waals surface area contributed by atoms with Crippen LogP contribution in [0.4, 0.5) is 0 Å². The van der Waals surface area contributed by atoms with Gasteiger partial charge in [0.05, 0.1) is 0 Å². The summed E-state index contributed by atoms with van der Waals surface area (Å²) in [4.78, 5) is 2.56. The van der Waals surface area contributed by atoms with Crippen molar-refractivity contribution in [2.75, 3.05) is 19.7 Å². The Hall–Kier alpha value is -0.860. The van der Waals surface area contributed by atoms with Crippen LogP contribution in [-0.2, 0) is 6.54 Å². The lowest BCUT2D eigenvalue weighted by Gasteiger charge is -2.33. The Morgan fingerprint density at radius 1 is 1.21 bits per heavy atom. The zero-order valence-electron chi connectivity index (χ0n) is 12.6. The molecule has 0 aliphatic carbocycles. The minimum Gasteiger partial charge on any atom is -0.396 e. The molecule has 106 valence electrons. The first-order chi connectivity index (χ1) is 9.10. The van der Waals surface area contributed by atoms with Gasteiger partial charge in [0, 0.05) is 19.7 Å². The SMILES string of the molecule is Cc1cc(C)c(CN2CCCC(CCO)C2)c(C)c1. The van der Waals surface area contributed by atoms with E-state index < -0.39 is 0 Å². The summed E-state index contributed by atoms with van der Waals surface area (Å²) >= 11 is 0. The number of hydrogen-bond acceptors (Lipinski definition) is 2. The maximum Gasteiger partial charge on any atom is 0.0434 e. The lowest BCUT2D eigenvalue weighted by molar-refractivity contribution is 0.142. The average molecular weight is 261 g/mol. The molecule has 1 heterocycles. The fourth-order valence-corrected chi connectivity index (χ4v) is 3.40. The van der Waals surface area contributed by atoms with E-state index in [9.17, 15) is 0 Å². The van der Waals surface area contributed by atoms with Crippen molar-refractivity contribution in [1.82, 2.24) is 4.90 Å². The van der Waals surface area contributed by atoms with E-state index >= 15 is 0 Å². The summed E-state index contributed by atoms with van der Waals surface area (Å²) in [7, 11) is 0. The van der Waals surface area contributed by atoms with Crippen LogP contribution in [0.25, 0.3) is 0 Å². The van der Waals surface area contributed by atoms with Crippen molar-refractivity contribution >= 4 is 0 Å². The zero-order valence-corrected chi connectivity index (χ0v) is 12.6. The van der Waals surface area contributed by atoms with E-state index in [0.717, 1.165) is 19.5 Å². The van der Waals surface area contributed by atoms with Crippen LogP contribution < -0.4 is 0 Å². The first-order valence-corrected chi connectivity index (χ1v) is 7.50. The highest BCUT2D eigenvalue weighted by molar-refractivity contribution is 5.37. The predicted molar refractivity (Wildman–Crippen MR) is 80.4 cm³/mol. The number of aliphatic hydroxyl groups is 1. The molecule has 1 fully saturated rings. The first kappa shape index (κ1) is 14.5. The molecule has 1 N–H and O–H groups in total. The summed E-state index contributed by atoms with van der Waals surface area (Å²) in [5.41, 5.74) is 5.69. The van der Waals surface area contributed by atoms with Gasteiger partial charge in [0.2, 0.25) is 0 Å². The van der Waals surface area contributed by atoms with Crippen molar-refractivity contribution in [2.24, 2.45) is 5.92 Å².